The molecule has 3 aromatic carbocycles. The van der Waals surface area contributed by atoms with Crippen molar-refractivity contribution in [1.29, 1.82) is 0 Å². The first-order valence-electron chi connectivity index (χ1n) is 9.78. The SMILES string of the molecule is Cc1cccc(N(C(=O)CCCOc2ccccc2)S(=O)(=O)c2ccccc2)c1C. The van der Waals surface area contributed by atoms with E-state index >= 15 is 0 Å². The molecule has 156 valence electrons. The maximum atomic E-state index is 13.4. The number of hydrogen-bond donors (Lipinski definition) is 0. The smallest absolute Gasteiger partial charge is 0.270 e. The summed E-state index contributed by atoms with van der Waals surface area (Å²) in [6, 6.07) is 22.7. The molecule has 0 saturated heterocycles. The average molecular weight is 424 g/mol. The molecule has 6 heteroatoms. The van der Waals surface area contributed by atoms with Crippen LogP contribution in [0.2, 0.25) is 0 Å². The molecule has 0 aromatic heterocycles. The van der Waals surface area contributed by atoms with Gasteiger partial charge in [-0.3, -0.25) is 4.79 Å². The Morgan fingerprint density at radius 1 is 0.867 bits per heavy atom. The van der Waals surface area contributed by atoms with E-state index in [9.17, 15) is 13.2 Å². The Kier molecular flexibility index (Phi) is 6.90. The third kappa shape index (κ3) is 4.89. The third-order valence-electron chi connectivity index (χ3n) is 4.85. The van der Waals surface area contributed by atoms with Gasteiger partial charge in [0.1, 0.15) is 5.75 Å². The number of ether oxygens (including phenoxy) is 1. The fourth-order valence-electron chi connectivity index (χ4n) is 3.08. The standard InChI is InChI=1S/C24H25NO4S/c1-19-11-9-16-23(20(19)2)25(30(27,28)22-14-7-4-8-15-22)24(26)17-10-18-29-21-12-5-3-6-13-21/h3-9,11-16H,10,17-18H2,1-2H3. The van der Waals surface area contributed by atoms with Gasteiger partial charge in [-0.25, -0.2) is 12.7 Å². The minimum atomic E-state index is -4.04. The number of carbonyl (C=O) groups excluding carboxylic acids is 1. The molecule has 0 saturated carbocycles. The highest BCUT2D eigenvalue weighted by atomic mass is 32.2. The normalized spacial score (nSPS) is 11.1. The molecule has 1 amide bonds. The van der Waals surface area contributed by atoms with Crippen molar-refractivity contribution >= 4 is 21.6 Å². The van der Waals surface area contributed by atoms with Gasteiger partial charge in [-0.1, -0.05) is 48.5 Å². The quantitative estimate of drug-likeness (QED) is 0.484. The highest BCUT2D eigenvalue weighted by molar-refractivity contribution is 7.93. The highest BCUT2D eigenvalue weighted by Gasteiger charge is 2.31. The summed E-state index contributed by atoms with van der Waals surface area (Å²) >= 11 is 0. The zero-order valence-electron chi connectivity index (χ0n) is 17.1. The molecule has 0 bridgehead atoms. The summed E-state index contributed by atoms with van der Waals surface area (Å²) in [6.07, 6.45) is 0.450. The topological polar surface area (TPSA) is 63.7 Å². The lowest BCUT2D eigenvalue weighted by Crippen LogP contribution is -2.37. The van der Waals surface area contributed by atoms with E-state index in [2.05, 4.69) is 0 Å². The van der Waals surface area contributed by atoms with Gasteiger partial charge in [-0.05, 0) is 61.7 Å². The molecule has 0 aliphatic heterocycles. The number of anilines is 1. The number of sulfonamides is 1. The summed E-state index contributed by atoms with van der Waals surface area (Å²) in [4.78, 5) is 13.2. The Bertz CT molecular complexity index is 1100. The molecule has 0 atom stereocenters. The molecule has 0 unspecified atom stereocenters. The van der Waals surface area contributed by atoms with Crippen molar-refractivity contribution in [3.05, 3.63) is 90.0 Å². The van der Waals surface area contributed by atoms with Gasteiger partial charge in [0.2, 0.25) is 5.91 Å². The minimum absolute atomic E-state index is 0.0479. The molecular weight excluding hydrogens is 398 g/mol. The fourth-order valence-corrected chi connectivity index (χ4v) is 4.61. The highest BCUT2D eigenvalue weighted by Crippen LogP contribution is 2.29. The predicted octanol–water partition coefficient (Wildman–Crippen LogP) is 4.88. The van der Waals surface area contributed by atoms with E-state index in [1.165, 1.54) is 12.1 Å². The van der Waals surface area contributed by atoms with Crippen LogP contribution in [-0.2, 0) is 14.8 Å². The van der Waals surface area contributed by atoms with E-state index < -0.39 is 15.9 Å². The number of nitrogens with zero attached hydrogens (tertiary/aromatic N) is 1. The van der Waals surface area contributed by atoms with Gasteiger partial charge in [0, 0.05) is 6.42 Å². The van der Waals surface area contributed by atoms with E-state index in [1.54, 1.807) is 30.3 Å². The second-order valence-electron chi connectivity index (χ2n) is 6.96. The van der Waals surface area contributed by atoms with Crippen LogP contribution in [0.3, 0.4) is 0 Å². The van der Waals surface area contributed by atoms with Gasteiger partial charge in [0.25, 0.3) is 10.0 Å². The maximum absolute atomic E-state index is 13.4. The Morgan fingerprint density at radius 3 is 2.17 bits per heavy atom. The average Bonchev–Trinajstić information content (AvgIpc) is 2.76. The zero-order chi connectivity index (χ0) is 21.6. The van der Waals surface area contributed by atoms with Gasteiger partial charge >= 0.3 is 0 Å². The van der Waals surface area contributed by atoms with Crippen molar-refractivity contribution in [1.82, 2.24) is 0 Å². The van der Waals surface area contributed by atoms with E-state index in [1.807, 2.05) is 50.2 Å². The molecule has 3 rings (SSSR count). The van der Waals surface area contributed by atoms with Crippen molar-refractivity contribution in [2.24, 2.45) is 0 Å². The first-order chi connectivity index (χ1) is 14.4. The Labute approximate surface area is 178 Å². The van der Waals surface area contributed by atoms with E-state index in [0.717, 1.165) is 15.4 Å². The first-order valence-corrected chi connectivity index (χ1v) is 11.2. The number of rotatable bonds is 8. The predicted molar refractivity (Wildman–Crippen MR) is 118 cm³/mol. The monoisotopic (exact) mass is 423 g/mol. The first kappa shape index (κ1) is 21.6. The minimum Gasteiger partial charge on any atom is -0.494 e. The van der Waals surface area contributed by atoms with Crippen molar-refractivity contribution in [2.45, 2.75) is 31.6 Å². The van der Waals surface area contributed by atoms with Crippen LogP contribution in [0.5, 0.6) is 5.75 Å². The van der Waals surface area contributed by atoms with E-state index in [-0.39, 0.29) is 11.3 Å². The number of para-hydroxylation sites is 1. The fraction of sp³-hybridized carbons (Fsp3) is 0.208. The molecule has 5 nitrogen and oxygen atoms in total. The van der Waals surface area contributed by atoms with Crippen molar-refractivity contribution in [3.63, 3.8) is 0 Å². The van der Waals surface area contributed by atoms with Crippen LogP contribution < -0.4 is 9.04 Å². The second-order valence-corrected chi connectivity index (χ2v) is 8.75. The van der Waals surface area contributed by atoms with Gasteiger partial charge < -0.3 is 4.74 Å². The number of hydrogen-bond acceptors (Lipinski definition) is 4. The van der Waals surface area contributed by atoms with Crippen LogP contribution in [0.15, 0.2) is 83.8 Å². The summed E-state index contributed by atoms with van der Waals surface area (Å²) in [7, 11) is -4.04. The molecule has 0 aliphatic carbocycles. The van der Waals surface area contributed by atoms with Gasteiger partial charge in [-0.2, -0.15) is 0 Å². The summed E-state index contributed by atoms with van der Waals surface area (Å²) in [5.74, 6) is 0.234. The van der Waals surface area contributed by atoms with Crippen LogP contribution in [0.1, 0.15) is 24.0 Å². The van der Waals surface area contributed by atoms with Gasteiger partial charge in [-0.15, -0.1) is 0 Å². The molecule has 0 fully saturated rings. The number of benzene rings is 3. The lowest BCUT2D eigenvalue weighted by atomic mass is 10.1. The summed E-state index contributed by atoms with van der Waals surface area (Å²) in [5, 5.41) is 0. The van der Waals surface area contributed by atoms with Crippen molar-refractivity contribution < 1.29 is 17.9 Å². The number of aryl methyl sites for hydroxylation is 1. The van der Waals surface area contributed by atoms with Crippen LogP contribution in [-0.4, -0.2) is 20.9 Å². The van der Waals surface area contributed by atoms with Crippen molar-refractivity contribution in [3.8, 4) is 5.75 Å². The molecule has 3 aromatic rings. The Morgan fingerprint density at radius 2 is 1.50 bits per heavy atom. The maximum Gasteiger partial charge on any atom is 0.270 e. The molecule has 0 spiro atoms. The van der Waals surface area contributed by atoms with Gasteiger partial charge in [0.05, 0.1) is 17.2 Å². The molecule has 0 heterocycles. The Balaban J connectivity index is 1.84. The third-order valence-corrected chi connectivity index (χ3v) is 6.60. The molecule has 0 radical (unpaired) electrons. The summed E-state index contributed by atoms with van der Waals surface area (Å²) in [5.41, 5.74) is 2.06. The molecular formula is C24H25NO4S. The van der Waals surface area contributed by atoms with Crippen LogP contribution >= 0.6 is 0 Å². The van der Waals surface area contributed by atoms with Crippen molar-refractivity contribution in [2.75, 3.05) is 10.9 Å². The zero-order valence-corrected chi connectivity index (χ0v) is 17.9. The lowest BCUT2D eigenvalue weighted by Gasteiger charge is -2.25. The Hall–Kier alpha value is -3.12. The molecule has 0 aliphatic rings. The van der Waals surface area contributed by atoms with E-state index in [4.69, 9.17) is 4.74 Å². The van der Waals surface area contributed by atoms with Crippen LogP contribution in [0, 0.1) is 13.8 Å². The summed E-state index contributed by atoms with van der Waals surface area (Å²) in [6.45, 7) is 4.04. The van der Waals surface area contributed by atoms with Gasteiger partial charge in [0.15, 0.2) is 0 Å². The van der Waals surface area contributed by atoms with Crippen LogP contribution in [0.25, 0.3) is 0 Å². The second kappa shape index (κ2) is 9.59. The summed E-state index contributed by atoms with van der Waals surface area (Å²) < 4.78 is 33.3. The lowest BCUT2D eigenvalue weighted by molar-refractivity contribution is -0.117. The van der Waals surface area contributed by atoms with Crippen LogP contribution in [0.4, 0.5) is 5.69 Å². The number of carbonyl (C=O) groups is 1. The molecule has 30 heavy (non-hydrogen) atoms. The largest absolute Gasteiger partial charge is 0.494 e. The van der Waals surface area contributed by atoms with E-state index in [0.29, 0.717) is 24.5 Å². The molecule has 0 N–H and O–H groups in total. The number of amides is 1.